The minimum atomic E-state index is -1.61. The third-order valence-corrected chi connectivity index (χ3v) is 15.4. The maximum atomic E-state index is 13.1. The highest BCUT2D eigenvalue weighted by atomic mass is 16.7. The number of aliphatic hydroxyl groups is 6. The molecule has 0 spiro atoms. The Hall–Kier alpha value is -1.37. The molecule has 0 aromatic heterocycles. The van der Waals surface area contributed by atoms with Gasteiger partial charge in [0.15, 0.2) is 6.29 Å². The molecule has 0 aromatic rings. The molecule has 73 heavy (non-hydrogen) atoms. The fourth-order valence-corrected chi connectivity index (χ4v) is 10.3. The number of hydrogen-bond donors (Lipinski definition) is 7. The number of unbranched alkanes of at least 4 members (excludes halogenated alkanes) is 42. The molecule has 1 heterocycles. The van der Waals surface area contributed by atoms with Crippen LogP contribution in [0.3, 0.4) is 0 Å². The Bertz CT molecular complexity index is 1220. The first kappa shape index (κ1) is 69.6. The Labute approximate surface area is 450 Å². The highest BCUT2D eigenvalue weighted by Gasteiger charge is 2.44. The molecule has 0 radical (unpaired) electrons. The van der Waals surface area contributed by atoms with Gasteiger partial charge in [-0.1, -0.05) is 289 Å². The molecule has 0 saturated carbocycles. The van der Waals surface area contributed by atoms with E-state index in [0.29, 0.717) is 6.42 Å². The maximum Gasteiger partial charge on any atom is 0.249 e. The van der Waals surface area contributed by atoms with Crippen molar-refractivity contribution in [3.05, 3.63) is 24.3 Å². The van der Waals surface area contributed by atoms with Crippen LogP contribution in [0.2, 0.25) is 0 Å². The SMILES string of the molecule is CCCCCCCCCCCCCC/C=C/C(O)C(COC1OC(CO)C(O)C(O)C1O)NC(=O)C(O)CCCCCCCCCCCCCCCCCC/C=C\CCCCCCCCCCCCCCCC. The lowest BCUT2D eigenvalue weighted by Crippen LogP contribution is -2.60. The second-order valence-corrected chi connectivity index (χ2v) is 22.3. The summed E-state index contributed by atoms with van der Waals surface area (Å²) in [4.78, 5) is 13.1. The van der Waals surface area contributed by atoms with Gasteiger partial charge in [0.2, 0.25) is 5.91 Å². The molecule has 8 atom stereocenters. The van der Waals surface area contributed by atoms with Crippen molar-refractivity contribution < 1.29 is 44.9 Å². The predicted octanol–water partition coefficient (Wildman–Crippen LogP) is 15.1. The van der Waals surface area contributed by atoms with Crippen LogP contribution < -0.4 is 5.32 Å². The second kappa shape index (κ2) is 52.7. The van der Waals surface area contributed by atoms with Gasteiger partial charge in [0.1, 0.15) is 30.5 Å². The van der Waals surface area contributed by atoms with Gasteiger partial charge in [0.05, 0.1) is 25.4 Å². The molecule has 1 fully saturated rings. The van der Waals surface area contributed by atoms with E-state index >= 15 is 0 Å². The van der Waals surface area contributed by atoms with Gasteiger partial charge in [-0.2, -0.15) is 0 Å². The Morgan fingerprint density at radius 3 is 1.15 bits per heavy atom. The average Bonchev–Trinajstić information content (AvgIpc) is 3.39. The third-order valence-electron chi connectivity index (χ3n) is 15.4. The highest BCUT2D eigenvalue weighted by Crippen LogP contribution is 2.23. The maximum absolute atomic E-state index is 13.1. The number of nitrogens with one attached hydrogen (secondary N) is 1. The molecule has 7 N–H and O–H groups in total. The molecule has 0 bridgehead atoms. The van der Waals surface area contributed by atoms with Gasteiger partial charge >= 0.3 is 0 Å². The van der Waals surface area contributed by atoms with Gasteiger partial charge in [-0.05, 0) is 44.9 Å². The standard InChI is InChI=1S/C63H121NO9/c1-3-5-7-9-11-13-15-17-19-20-21-22-23-24-25-26-27-28-29-30-31-32-33-34-35-36-37-38-40-42-44-46-48-50-52-57(67)62(71)64-55(54-72-63-61(70)60(69)59(68)58(53-65)73-63)56(66)51-49-47-45-43-41-39-18-16-14-12-10-8-6-4-2/h26-27,49,51,55-61,63,65-70H,3-25,28-48,50,52-54H2,1-2H3,(H,64,71)/b27-26-,51-49+. The summed E-state index contributed by atoms with van der Waals surface area (Å²) < 4.78 is 11.2. The number of ether oxygens (including phenoxy) is 2. The van der Waals surface area contributed by atoms with Crippen molar-refractivity contribution in [2.45, 2.75) is 358 Å². The molecule has 1 aliphatic heterocycles. The van der Waals surface area contributed by atoms with Crippen LogP contribution in [-0.4, -0.2) is 98.7 Å². The molecule has 1 rings (SSSR count). The van der Waals surface area contributed by atoms with E-state index in [-0.39, 0.29) is 6.61 Å². The summed E-state index contributed by atoms with van der Waals surface area (Å²) in [7, 11) is 0. The number of rotatable bonds is 55. The van der Waals surface area contributed by atoms with Crippen molar-refractivity contribution in [1.29, 1.82) is 0 Å². The lowest BCUT2D eigenvalue weighted by molar-refractivity contribution is -0.302. The minimum absolute atomic E-state index is 0.302. The van der Waals surface area contributed by atoms with E-state index in [4.69, 9.17) is 9.47 Å². The minimum Gasteiger partial charge on any atom is -0.394 e. The van der Waals surface area contributed by atoms with Crippen LogP contribution in [-0.2, 0) is 14.3 Å². The Balaban J connectivity index is 2.12. The smallest absolute Gasteiger partial charge is 0.249 e. The number of hydrogen-bond acceptors (Lipinski definition) is 9. The molecular weight excluding hydrogens is 915 g/mol. The number of aliphatic hydroxyl groups excluding tert-OH is 6. The lowest BCUT2D eigenvalue weighted by atomic mass is 9.99. The van der Waals surface area contributed by atoms with Crippen molar-refractivity contribution in [3.8, 4) is 0 Å². The topological polar surface area (TPSA) is 169 Å². The van der Waals surface area contributed by atoms with Crippen LogP contribution >= 0.6 is 0 Å². The Kier molecular flexibility index (Phi) is 50.3. The van der Waals surface area contributed by atoms with Crippen LogP contribution in [0, 0.1) is 0 Å². The number of carbonyl (C=O) groups is 1. The van der Waals surface area contributed by atoms with E-state index in [1.165, 1.54) is 244 Å². The third kappa shape index (κ3) is 41.4. The van der Waals surface area contributed by atoms with Crippen molar-refractivity contribution in [2.24, 2.45) is 0 Å². The Morgan fingerprint density at radius 2 is 0.795 bits per heavy atom. The van der Waals surface area contributed by atoms with Gasteiger partial charge in [-0.3, -0.25) is 4.79 Å². The van der Waals surface area contributed by atoms with Gasteiger partial charge in [-0.15, -0.1) is 0 Å². The molecule has 10 heteroatoms. The first-order chi connectivity index (χ1) is 35.8. The zero-order valence-electron chi connectivity index (χ0n) is 47.8. The zero-order chi connectivity index (χ0) is 53.1. The van der Waals surface area contributed by atoms with Gasteiger partial charge in [-0.25, -0.2) is 0 Å². The first-order valence-electron chi connectivity index (χ1n) is 31.7. The summed E-state index contributed by atoms with van der Waals surface area (Å²) in [5, 5.41) is 65.0. The van der Waals surface area contributed by atoms with Crippen molar-refractivity contribution in [3.63, 3.8) is 0 Å². The molecule has 1 saturated heterocycles. The summed E-state index contributed by atoms with van der Waals surface area (Å²) in [5.74, 6) is -0.612. The van der Waals surface area contributed by atoms with E-state index in [9.17, 15) is 35.4 Å². The number of allylic oxidation sites excluding steroid dienone is 3. The van der Waals surface area contributed by atoms with Gasteiger partial charge < -0.3 is 45.4 Å². The van der Waals surface area contributed by atoms with E-state index in [1.807, 2.05) is 6.08 Å². The number of amides is 1. The Morgan fingerprint density at radius 1 is 0.466 bits per heavy atom. The molecule has 1 aliphatic rings. The molecule has 432 valence electrons. The summed E-state index contributed by atoms with van der Waals surface area (Å²) in [6.45, 7) is 3.64. The van der Waals surface area contributed by atoms with E-state index in [0.717, 1.165) is 44.9 Å². The summed E-state index contributed by atoms with van der Waals surface area (Å²) in [6, 6.07) is -0.978. The lowest BCUT2D eigenvalue weighted by Gasteiger charge is -2.40. The normalized spacial score (nSPS) is 19.6. The van der Waals surface area contributed by atoms with Crippen LogP contribution in [0.15, 0.2) is 24.3 Å². The fraction of sp³-hybridized carbons (Fsp3) is 0.921. The van der Waals surface area contributed by atoms with Gasteiger partial charge in [0.25, 0.3) is 0 Å². The molecular formula is C63H121NO9. The quantitative estimate of drug-likeness (QED) is 0.0232. The number of carbonyl (C=O) groups excluding carboxylic acids is 1. The monoisotopic (exact) mass is 1040 g/mol. The average molecular weight is 1040 g/mol. The van der Waals surface area contributed by atoms with Crippen LogP contribution in [0.1, 0.15) is 309 Å². The summed E-state index contributed by atoms with van der Waals surface area (Å²) >= 11 is 0. The molecule has 8 unspecified atom stereocenters. The van der Waals surface area contributed by atoms with Crippen molar-refractivity contribution >= 4 is 5.91 Å². The summed E-state index contributed by atoms with van der Waals surface area (Å²) in [6.07, 6.45) is 57.4. The molecule has 1 amide bonds. The van der Waals surface area contributed by atoms with Crippen LogP contribution in [0.25, 0.3) is 0 Å². The van der Waals surface area contributed by atoms with E-state index in [1.54, 1.807) is 6.08 Å². The van der Waals surface area contributed by atoms with Crippen LogP contribution in [0.5, 0.6) is 0 Å². The second-order valence-electron chi connectivity index (χ2n) is 22.3. The summed E-state index contributed by atoms with van der Waals surface area (Å²) in [5.41, 5.74) is 0. The highest BCUT2D eigenvalue weighted by molar-refractivity contribution is 5.80. The predicted molar refractivity (Wildman–Crippen MR) is 306 cm³/mol. The van der Waals surface area contributed by atoms with Crippen molar-refractivity contribution in [1.82, 2.24) is 5.32 Å². The van der Waals surface area contributed by atoms with E-state index in [2.05, 4.69) is 31.3 Å². The fourth-order valence-electron chi connectivity index (χ4n) is 10.3. The van der Waals surface area contributed by atoms with Gasteiger partial charge in [0, 0.05) is 0 Å². The van der Waals surface area contributed by atoms with E-state index < -0.39 is 61.5 Å². The molecule has 10 nitrogen and oxygen atoms in total. The molecule has 0 aromatic carbocycles. The zero-order valence-corrected chi connectivity index (χ0v) is 47.8. The van der Waals surface area contributed by atoms with Crippen LogP contribution in [0.4, 0.5) is 0 Å². The molecule has 0 aliphatic carbocycles. The van der Waals surface area contributed by atoms with Crippen molar-refractivity contribution in [2.75, 3.05) is 13.2 Å². The first-order valence-corrected chi connectivity index (χ1v) is 31.7. The largest absolute Gasteiger partial charge is 0.394 e.